The largest absolute Gasteiger partial charge is 0.352 e. The minimum atomic E-state index is -0.884. The molecule has 0 saturated carbocycles. The molecule has 2 aromatic rings. The zero-order valence-corrected chi connectivity index (χ0v) is 15.9. The van der Waals surface area contributed by atoms with Crippen molar-refractivity contribution in [1.82, 2.24) is 20.0 Å². The van der Waals surface area contributed by atoms with Gasteiger partial charge in [-0.05, 0) is 17.7 Å². The molecule has 0 aliphatic carbocycles. The average molecular weight is 373 g/mol. The smallest absolute Gasteiger partial charge is 0.324 e. The molecule has 27 heavy (non-hydrogen) atoms. The van der Waals surface area contributed by atoms with Gasteiger partial charge in [0.2, 0.25) is 5.91 Å². The maximum Gasteiger partial charge on any atom is 0.324 e. The number of hydrogen-bond donors (Lipinski definition) is 2. The van der Waals surface area contributed by atoms with Crippen LogP contribution in [0.5, 0.6) is 0 Å². The number of hydrogen-bond acceptors (Lipinski definition) is 3. The minimum Gasteiger partial charge on any atom is -0.352 e. The summed E-state index contributed by atoms with van der Waals surface area (Å²) in [6.45, 7) is 6.78. The Morgan fingerprint density at radius 1 is 1.33 bits per heavy atom. The summed E-state index contributed by atoms with van der Waals surface area (Å²) >= 11 is 0. The van der Waals surface area contributed by atoms with Gasteiger partial charge in [-0.3, -0.25) is 14.8 Å². The lowest BCUT2D eigenvalue weighted by atomic mass is 9.92. The number of benzene rings is 1. The van der Waals surface area contributed by atoms with E-state index in [0.717, 1.165) is 5.69 Å². The van der Waals surface area contributed by atoms with Gasteiger partial charge in [-0.1, -0.05) is 32.9 Å². The van der Waals surface area contributed by atoms with E-state index in [0.29, 0.717) is 24.5 Å². The summed E-state index contributed by atoms with van der Waals surface area (Å²) in [6, 6.07) is 6.25. The van der Waals surface area contributed by atoms with Crippen LogP contribution in [-0.2, 0) is 17.3 Å². The molecule has 2 N–H and O–H groups in total. The molecule has 1 aromatic carbocycles. The number of nitrogens with one attached hydrogen (secondary N) is 2. The number of aromatic nitrogens is 2. The number of halogens is 1. The van der Waals surface area contributed by atoms with Gasteiger partial charge in [-0.15, -0.1) is 0 Å². The van der Waals surface area contributed by atoms with Gasteiger partial charge in [0.25, 0.3) is 0 Å². The minimum absolute atomic E-state index is 0.157. The highest BCUT2D eigenvalue weighted by Gasteiger charge is 2.35. The van der Waals surface area contributed by atoms with Gasteiger partial charge in [0, 0.05) is 31.6 Å². The predicted molar refractivity (Wildman–Crippen MR) is 99.8 cm³/mol. The average Bonchev–Trinajstić information content (AvgIpc) is 2.95. The third-order valence-electron chi connectivity index (χ3n) is 4.52. The van der Waals surface area contributed by atoms with E-state index in [1.54, 1.807) is 17.8 Å². The van der Waals surface area contributed by atoms with E-state index in [4.69, 9.17) is 0 Å². The van der Waals surface area contributed by atoms with Crippen molar-refractivity contribution in [3.63, 3.8) is 0 Å². The molecule has 0 radical (unpaired) electrons. The standard InChI is InChI=1S/C19H24FN5O2/c1-19(2,3)14-11-15(24(4)23-14)22-18(27)25-9-8-21-17(26)16(25)12-6-5-7-13(20)10-12/h5-7,10-11,16H,8-9H2,1-4H3,(H,21,26)(H,22,27). The van der Waals surface area contributed by atoms with Crippen molar-refractivity contribution in [2.24, 2.45) is 7.05 Å². The van der Waals surface area contributed by atoms with Gasteiger partial charge in [-0.25, -0.2) is 9.18 Å². The molecule has 1 aromatic heterocycles. The van der Waals surface area contributed by atoms with Crippen LogP contribution >= 0.6 is 0 Å². The highest BCUT2D eigenvalue weighted by molar-refractivity contribution is 5.94. The Balaban J connectivity index is 1.86. The third kappa shape index (κ3) is 3.94. The lowest BCUT2D eigenvalue weighted by molar-refractivity contribution is -0.127. The zero-order chi connectivity index (χ0) is 19.8. The molecule has 1 saturated heterocycles. The van der Waals surface area contributed by atoms with Crippen molar-refractivity contribution in [1.29, 1.82) is 0 Å². The number of amides is 3. The van der Waals surface area contributed by atoms with E-state index in [2.05, 4.69) is 15.7 Å². The van der Waals surface area contributed by atoms with E-state index in [-0.39, 0.29) is 11.3 Å². The molecule has 1 aliphatic heterocycles. The van der Waals surface area contributed by atoms with Crippen LogP contribution in [0.4, 0.5) is 15.0 Å². The van der Waals surface area contributed by atoms with Gasteiger partial charge >= 0.3 is 6.03 Å². The molecule has 2 heterocycles. The number of aryl methyl sites for hydroxylation is 1. The van der Waals surface area contributed by atoms with Crippen LogP contribution in [0, 0.1) is 5.82 Å². The van der Waals surface area contributed by atoms with Crippen LogP contribution in [-0.4, -0.2) is 39.7 Å². The maximum absolute atomic E-state index is 13.6. The van der Waals surface area contributed by atoms with Crippen molar-refractivity contribution in [3.05, 3.63) is 47.4 Å². The van der Waals surface area contributed by atoms with Crippen molar-refractivity contribution < 1.29 is 14.0 Å². The number of carbonyl (C=O) groups excluding carboxylic acids is 2. The summed E-state index contributed by atoms with van der Waals surface area (Å²) in [5.41, 5.74) is 1.12. The van der Waals surface area contributed by atoms with Crippen LogP contribution < -0.4 is 10.6 Å². The van der Waals surface area contributed by atoms with Crippen molar-refractivity contribution >= 4 is 17.8 Å². The number of nitrogens with zero attached hydrogens (tertiary/aromatic N) is 3. The Labute approximate surface area is 157 Å². The SMILES string of the molecule is Cn1nc(C(C)(C)C)cc1NC(=O)N1CCNC(=O)C1c1cccc(F)c1. The Hall–Kier alpha value is -2.90. The first-order valence-corrected chi connectivity index (χ1v) is 8.82. The lowest BCUT2D eigenvalue weighted by Gasteiger charge is -2.35. The Morgan fingerprint density at radius 3 is 2.70 bits per heavy atom. The predicted octanol–water partition coefficient (Wildman–Crippen LogP) is 2.56. The summed E-state index contributed by atoms with van der Waals surface area (Å²) in [5, 5.41) is 9.99. The van der Waals surface area contributed by atoms with Gasteiger partial charge in [0.1, 0.15) is 17.7 Å². The third-order valence-corrected chi connectivity index (χ3v) is 4.52. The summed E-state index contributed by atoms with van der Waals surface area (Å²) in [4.78, 5) is 26.7. The number of urea groups is 1. The normalized spacial score (nSPS) is 17.6. The van der Waals surface area contributed by atoms with Gasteiger partial charge in [0.05, 0.1) is 5.69 Å². The van der Waals surface area contributed by atoms with E-state index in [1.807, 2.05) is 26.8 Å². The summed E-state index contributed by atoms with van der Waals surface area (Å²) in [5.74, 6) is -0.246. The summed E-state index contributed by atoms with van der Waals surface area (Å²) < 4.78 is 15.2. The fraction of sp³-hybridized carbons (Fsp3) is 0.421. The summed E-state index contributed by atoms with van der Waals surface area (Å²) in [7, 11) is 1.75. The molecule has 1 atom stereocenters. The van der Waals surface area contributed by atoms with E-state index >= 15 is 0 Å². The number of anilines is 1. The van der Waals surface area contributed by atoms with Gasteiger partial charge in [0.15, 0.2) is 0 Å². The Bertz CT molecular complexity index is 871. The molecule has 144 valence electrons. The molecule has 0 bridgehead atoms. The highest BCUT2D eigenvalue weighted by atomic mass is 19.1. The molecular weight excluding hydrogens is 349 g/mol. The van der Waals surface area contributed by atoms with E-state index in [9.17, 15) is 14.0 Å². The molecule has 3 amide bonds. The Kier molecular flexibility index (Phi) is 4.91. The quantitative estimate of drug-likeness (QED) is 0.849. The molecule has 1 unspecified atom stereocenters. The number of carbonyl (C=O) groups is 2. The first kappa shape index (κ1) is 18.9. The molecule has 1 fully saturated rings. The van der Waals surface area contributed by atoms with Crippen molar-refractivity contribution in [2.75, 3.05) is 18.4 Å². The monoisotopic (exact) mass is 373 g/mol. The molecule has 1 aliphatic rings. The topological polar surface area (TPSA) is 79.3 Å². The van der Waals surface area contributed by atoms with Crippen LogP contribution in [0.2, 0.25) is 0 Å². The molecule has 3 rings (SSSR count). The van der Waals surface area contributed by atoms with Crippen LogP contribution in [0.25, 0.3) is 0 Å². The second kappa shape index (κ2) is 7.02. The van der Waals surface area contributed by atoms with Crippen LogP contribution in [0.3, 0.4) is 0 Å². The molecular formula is C19H24FN5O2. The fourth-order valence-corrected chi connectivity index (χ4v) is 3.03. The summed E-state index contributed by atoms with van der Waals surface area (Å²) in [6.07, 6.45) is 0. The van der Waals surface area contributed by atoms with Crippen molar-refractivity contribution in [3.8, 4) is 0 Å². The number of piperazine rings is 1. The van der Waals surface area contributed by atoms with Gasteiger partial charge < -0.3 is 10.2 Å². The first-order valence-electron chi connectivity index (χ1n) is 8.82. The fourth-order valence-electron chi connectivity index (χ4n) is 3.03. The van der Waals surface area contributed by atoms with E-state index in [1.165, 1.54) is 23.1 Å². The zero-order valence-electron chi connectivity index (χ0n) is 15.9. The van der Waals surface area contributed by atoms with E-state index < -0.39 is 17.9 Å². The van der Waals surface area contributed by atoms with Crippen molar-refractivity contribution in [2.45, 2.75) is 32.2 Å². The molecule has 0 spiro atoms. The lowest BCUT2D eigenvalue weighted by Crippen LogP contribution is -2.53. The Morgan fingerprint density at radius 2 is 2.07 bits per heavy atom. The molecule has 7 nitrogen and oxygen atoms in total. The van der Waals surface area contributed by atoms with Gasteiger partial charge in [-0.2, -0.15) is 5.10 Å². The second-order valence-corrected chi connectivity index (χ2v) is 7.66. The first-order chi connectivity index (χ1) is 12.7. The molecule has 8 heteroatoms. The number of rotatable bonds is 2. The second-order valence-electron chi connectivity index (χ2n) is 7.66. The van der Waals surface area contributed by atoms with Crippen LogP contribution in [0.15, 0.2) is 30.3 Å². The maximum atomic E-state index is 13.6. The highest BCUT2D eigenvalue weighted by Crippen LogP contribution is 2.26. The van der Waals surface area contributed by atoms with Crippen LogP contribution in [0.1, 0.15) is 38.1 Å².